The van der Waals surface area contributed by atoms with E-state index in [1.165, 1.54) is 16.7 Å². The van der Waals surface area contributed by atoms with Gasteiger partial charge in [-0.2, -0.15) is 4.79 Å². The van der Waals surface area contributed by atoms with Crippen molar-refractivity contribution in [3.63, 3.8) is 0 Å². The first kappa shape index (κ1) is 18.2. The number of nitrogens with zero attached hydrogens (tertiary/aromatic N) is 2. The maximum atomic E-state index is 9.81. The molecule has 0 spiro atoms. The second-order valence-corrected chi connectivity index (χ2v) is 7.35. The molecule has 0 atom stereocenters. The highest BCUT2D eigenvalue weighted by Gasteiger charge is 2.26. The van der Waals surface area contributed by atoms with E-state index in [1.807, 2.05) is 30.3 Å². The van der Waals surface area contributed by atoms with E-state index in [9.17, 15) is 5.53 Å². The summed E-state index contributed by atoms with van der Waals surface area (Å²) < 4.78 is 0. The maximum absolute atomic E-state index is 9.81. The van der Waals surface area contributed by atoms with Crippen LogP contribution in [-0.2, 0) is 0 Å². The summed E-state index contributed by atoms with van der Waals surface area (Å²) >= 11 is 0. The summed E-state index contributed by atoms with van der Waals surface area (Å²) in [4.78, 5) is 3.71. The summed E-state index contributed by atoms with van der Waals surface area (Å²) in [6, 6.07) is 14.5. The zero-order chi connectivity index (χ0) is 17.9. The molecule has 0 aliphatic rings. The summed E-state index contributed by atoms with van der Waals surface area (Å²) in [5.74, 6) is 1.19. The van der Waals surface area contributed by atoms with Gasteiger partial charge in [-0.3, -0.25) is 0 Å². The fraction of sp³-hybridized carbons (Fsp3) is 0.409. The van der Waals surface area contributed by atoms with Crippen molar-refractivity contribution in [2.24, 2.45) is 0 Å². The van der Waals surface area contributed by atoms with Crippen LogP contribution in [0.15, 0.2) is 42.5 Å². The van der Waals surface area contributed by atoms with Crippen LogP contribution in [0.25, 0.3) is 5.53 Å². The summed E-state index contributed by atoms with van der Waals surface area (Å²) in [5, 5.41) is 0. The van der Waals surface area contributed by atoms with Crippen LogP contribution in [0, 0.1) is 0 Å². The summed E-state index contributed by atoms with van der Waals surface area (Å²) in [6.45, 7) is 13.3. The van der Waals surface area contributed by atoms with Gasteiger partial charge in [-0.05, 0) is 46.6 Å². The van der Waals surface area contributed by atoms with E-state index in [-0.39, 0.29) is 0 Å². The van der Waals surface area contributed by atoms with Gasteiger partial charge in [-0.25, -0.2) is 0 Å². The van der Waals surface area contributed by atoms with Crippen LogP contribution < -0.4 is 0 Å². The number of rotatable bonds is 5. The molecule has 0 aliphatic heterocycles. The number of benzene rings is 2. The van der Waals surface area contributed by atoms with E-state index in [2.05, 4.69) is 58.5 Å². The minimum absolute atomic E-state index is 0.358. The van der Waals surface area contributed by atoms with Gasteiger partial charge in [0.25, 0.3) is 0 Å². The molecule has 2 nitrogen and oxygen atoms in total. The summed E-state index contributed by atoms with van der Waals surface area (Å²) in [7, 11) is 0. The molecule has 126 valence electrons. The zero-order valence-electron chi connectivity index (χ0n) is 15.7. The maximum Gasteiger partial charge on any atom is 0.330 e. The molecule has 24 heavy (non-hydrogen) atoms. The van der Waals surface area contributed by atoms with Gasteiger partial charge in [0, 0.05) is 0 Å². The van der Waals surface area contributed by atoms with Crippen molar-refractivity contribution in [2.45, 2.75) is 59.3 Å². The molecule has 2 aromatic rings. The molecule has 2 rings (SSSR count). The first-order valence-corrected chi connectivity index (χ1v) is 8.82. The third-order valence-corrected chi connectivity index (χ3v) is 4.52. The SMILES string of the molecule is CC(C)c1cc(C(C)C)c(C(=[N+]=[N-])c2ccccc2)c(C(C)C)c1. The van der Waals surface area contributed by atoms with Crippen LogP contribution in [0.3, 0.4) is 0 Å². The lowest BCUT2D eigenvalue weighted by atomic mass is 9.81. The van der Waals surface area contributed by atoms with Crippen LogP contribution in [0.1, 0.15) is 87.1 Å². The van der Waals surface area contributed by atoms with Gasteiger partial charge in [0.15, 0.2) is 0 Å². The Bertz CT molecular complexity index is 720. The Morgan fingerprint density at radius 2 is 1.29 bits per heavy atom. The normalized spacial score (nSPS) is 11.2. The standard InChI is InChI=1S/C22H28N2/c1-14(2)18-12-19(15(3)4)21(20(13-18)16(5)6)22(24-23)17-10-8-7-9-11-17/h7-16H,1-6H3. The Balaban J connectivity index is 2.82. The molecular weight excluding hydrogens is 292 g/mol. The van der Waals surface area contributed by atoms with Gasteiger partial charge >= 0.3 is 5.71 Å². The van der Waals surface area contributed by atoms with E-state index in [0.29, 0.717) is 23.5 Å². The van der Waals surface area contributed by atoms with Crippen LogP contribution >= 0.6 is 0 Å². The van der Waals surface area contributed by atoms with Crippen molar-refractivity contribution in [3.8, 4) is 0 Å². The van der Waals surface area contributed by atoms with Crippen molar-refractivity contribution in [1.82, 2.24) is 0 Å². The Morgan fingerprint density at radius 1 is 0.792 bits per heavy atom. The number of hydrogen-bond acceptors (Lipinski definition) is 0. The molecule has 0 heterocycles. The van der Waals surface area contributed by atoms with E-state index in [4.69, 9.17) is 0 Å². The molecule has 0 saturated carbocycles. The molecule has 0 bridgehead atoms. The van der Waals surface area contributed by atoms with Crippen molar-refractivity contribution >= 4 is 5.71 Å². The molecule has 0 aromatic heterocycles. The molecular formula is C22H28N2. The molecule has 0 fully saturated rings. The first-order valence-electron chi connectivity index (χ1n) is 8.82. The smallest absolute Gasteiger partial charge is 0.330 e. The highest BCUT2D eigenvalue weighted by Crippen LogP contribution is 2.33. The predicted octanol–water partition coefficient (Wildman–Crippen LogP) is 6.12. The Morgan fingerprint density at radius 3 is 1.67 bits per heavy atom. The minimum atomic E-state index is 0.358. The lowest BCUT2D eigenvalue weighted by Gasteiger charge is -2.20. The van der Waals surface area contributed by atoms with Crippen molar-refractivity contribution in [2.75, 3.05) is 0 Å². The van der Waals surface area contributed by atoms with Gasteiger partial charge in [0.2, 0.25) is 0 Å². The average Bonchev–Trinajstić information content (AvgIpc) is 2.55. The summed E-state index contributed by atoms with van der Waals surface area (Å²) in [5.41, 5.74) is 16.4. The van der Waals surface area contributed by atoms with Gasteiger partial charge in [-0.1, -0.05) is 71.9 Å². The minimum Gasteiger partial charge on any atom is -0.361 e. The van der Waals surface area contributed by atoms with Crippen molar-refractivity contribution in [1.29, 1.82) is 0 Å². The largest absolute Gasteiger partial charge is 0.361 e. The van der Waals surface area contributed by atoms with Gasteiger partial charge in [0.1, 0.15) is 0 Å². The van der Waals surface area contributed by atoms with Crippen LogP contribution in [-0.4, -0.2) is 10.5 Å². The highest BCUT2D eigenvalue weighted by atomic mass is 14.9. The molecule has 0 N–H and O–H groups in total. The van der Waals surface area contributed by atoms with E-state index in [1.54, 1.807) is 0 Å². The lowest BCUT2D eigenvalue weighted by molar-refractivity contribution is -0.00295. The molecule has 0 unspecified atom stereocenters. The van der Waals surface area contributed by atoms with Gasteiger partial charge in [0.05, 0.1) is 11.1 Å². The van der Waals surface area contributed by atoms with E-state index >= 15 is 0 Å². The molecule has 2 aromatic carbocycles. The second-order valence-electron chi connectivity index (χ2n) is 7.35. The van der Waals surface area contributed by atoms with Crippen molar-refractivity contribution < 1.29 is 4.79 Å². The molecule has 2 heteroatoms. The summed E-state index contributed by atoms with van der Waals surface area (Å²) in [6.07, 6.45) is 0. The predicted molar refractivity (Wildman–Crippen MR) is 102 cm³/mol. The van der Waals surface area contributed by atoms with Crippen LogP contribution in [0.4, 0.5) is 0 Å². The fourth-order valence-corrected chi connectivity index (χ4v) is 3.08. The third kappa shape index (κ3) is 3.66. The Labute approximate surface area is 146 Å². The highest BCUT2D eigenvalue weighted by molar-refractivity contribution is 6.11. The molecule has 0 saturated heterocycles. The zero-order valence-corrected chi connectivity index (χ0v) is 15.7. The second kappa shape index (κ2) is 7.59. The van der Waals surface area contributed by atoms with Gasteiger partial charge in [-0.15, -0.1) is 0 Å². The topological polar surface area (TPSA) is 36.4 Å². The Hall–Kier alpha value is -2.18. The quantitative estimate of drug-likeness (QED) is 0.361. The van der Waals surface area contributed by atoms with E-state index in [0.717, 1.165) is 11.1 Å². The monoisotopic (exact) mass is 320 g/mol. The van der Waals surface area contributed by atoms with Gasteiger partial charge < -0.3 is 5.53 Å². The molecule has 0 amide bonds. The fourth-order valence-electron chi connectivity index (χ4n) is 3.08. The van der Waals surface area contributed by atoms with E-state index < -0.39 is 0 Å². The Kier molecular flexibility index (Phi) is 5.75. The third-order valence-electron chi connectivity index (χ3n) is 4.52. The molecule has 0 aliphatic carbocycles. The average molecular weight is 320 g/mol. The van der Waals surface area contributed by atoms with Crippen LogP contribution in [0.2, 0.25) is 0 Å². The molecule has 0 radical (unpaired) electrons. The van der Waals surface area contributed by atoms with Crippen molar-refractivity contribution in [3.05, 3.63) is 75.8 Å². The van der Waals surface area contributed by atoms with Crippen LogP contribution in [0.5, 0.6) is 0 Å². The first-order chi connectivity index (χ1) is 11.4. The number of hydrogen-bond donors (Lipinski definition) is 0. The lowest BCUT2D eigenvalue weighted by Crippen LogP contribution is -2.15.